The lowest BCUT2D eigenvalue weighted by molar-refractivity contribution is 0.0349. The minimum atomic E-state index is -0.703. The van der Waals surface area contributed by atoms with Gasteiger partial charge in [-0.15, -0.1) is 0 Å². The molecule has 1 N–H and O–H groups in total. The number of rotatable bonds is 3. The number of benzene rings is 1. The van der Waals surface area contributed by atoms with Gasteiger partial charge in [-0.2, -0.15) is 0 Å². The molecule has 6 nitrogen and oxygen atoms in total. The normalized spacial score (nSPS) is 21.4. The average molecular weight is 334 g/mol. The maximum Gasteiger partial charge on any atom is 0.276 e. The number of carbonyl (C=O) groups is 1. The summed E-state index contributed by atoms with van der Waals surface area (Å²) in [6.07, 6.45) is 0.962. The second kappa shape index (κ2) is 7.00. The fourth-order valence-corrected chi connectivity index (χ4v) is 2.75. The van der Waals surface area contributed by atoms with Crippen LogP contribution in [0.15, 0.2) is 35.1 Å². The number of halogens is 1. The van der Waals surface area contributed by atoms with E-state index in [-0.39, 0.29) is 11.7 Å². The molecule has 0 spiro atoms. The van der Waals surface area contributed by atoms with E-state index in [0.717, 1.165) is 0 Å². The minimum Gasteiger partial charge on any atom is -0.488 e. The first kappa shape index (κ1) is 16.4. The van der Waals surface area contributed by atoms with Gasteiger partial charge in [-0.05, 0) is 37.6 Å². The molecule has 1 aromatic carbocycles. The van der Waals surface area contributed by atoms with E-state index in [2.05, 4.69) is 4.98 Å². The summed E-state index contributed by atoms with van der Waals surface area (Å²) in [4.78, 5) is 18.1. The van der Waals surface area contributed by atoms with Crippen LogP contribution in [-0.2, 0) is 0 Å². The van der Waals surface area contributed by atoms with E-state index in [9.17, 15) is 14.3 Å². The first-order chi connectivity index (χ1) is 11.5. The largest absolute Gasteiger partial charge is 0.488 e. The van der Waals surface area contributed by atoms with Crippen LogP contribution in [-0.4, -0.2) is 46.2 Å². The Kier molecular flexibility index (Phi) is 4.80. The van der Waals surface area contributed by atoms with Gasteiger partial charge in [0.2, 0.25) is 0 Å². The molecular formula is C17H19FN2O4. The van der Waals surface area contributed by atoms with Gasteiger partial charge in [0, 0.05) is 19.5 Å². The van der Waals surface area contributed by atoms with Crippen LogP contribution in [0.3, 0.4) is 0 Å². The van der Waals surface area contributed by atoms with E-state index in [1.165, 1.54) is 30.7 Å². The van der Waals surface area contributed by atoms with E-state index in [1.54, 1.807) is 11.8 Å². The first-order valence-corrected chi connectivity index (χ1v) is 7.84. The van der Waals surface area contributed by atoms with Gasteiger partial charge in [-0.1, -0.05) is 0 Å². The summed E-state index contributed by atoms with van der Waals surface area (Å²) >= 11 is 0. The van der Waals surface area contributed by atoms with Crippen LogP contribution in [0.1, 0.15) is 29.1 Å². The van der Waals surface area contributed by atoms with Crippen LogP contribution in [0.25, 0.3) is 0 Å². The average Bonchev–Trinajstić information content (AvgIpc) is 2.92. The monoisotopic (exact) mass is 334 g/mol. The smallest absolute Gasteiger partial charge is 0.276 e. The van der Waals surface area contributed by atoms with E-state index in [4.69, 9.17) is 9.15 Å². The van der Waals surface area contributed by atoms with Crippen molar-refractivity contribution in [1.82, 2.24) is 9.88 Å². The highest BCUT2D eigenvalue weighted by atomic mass is 19.1. The highest BCUT2D eigenvalue weighted by Crippen LogP contribution is 2.21. The summed E-state index contributed by atoms with van der Waals surface area (Å²) in [5, 5.41) is 10.3. The number of nitrogens with zero attached hydrogens (tertiary/aromatic N) is 2. The first-order valence-electron chi connectivity index (χ1n) is 7.84. The third-order valence-electron chi connectivity index (χ3n) is 4.14. The third-order valence-corrected chi connectivity index (χ3v) is 4.14. The number of aliphatic hydroxyl groups excluding tert-OH is 1. The Morgan fingerprint density at radius 1 is 1.33 bits per heavy atom. The zero-order valence-corrected chi connectivity index (χ0v) is 13.3. The van der Waals surface area contributed by atoms with Crippen molar-refractivity contribution >= 4 is 5.91 Å². The standard InChI is InChI=1S/C17H19FN2O4/c1-11-16(19-10-23-11)17(22)20-8-6-14(21)15(7-9-20)24-13-4-2-12(18)3-5-13/h2-5,10,14-15,21H,6-9H2,1H3/t14-,15-/m0/s1. The molecule has 24 heavy (non-hydrogen) atoms. The SMILES string of the molecule is Cc1ocnc1C(=O)N1CC[C@H](Oc2ccc(F)cc2)[C@@H](O)CC1. The molecule has 7 heteroatoms. The van der Waals surface area contributed by atoms with Crippen molar-refractivity contribution in [3.63, 3.8) is 0 Å². The van der Waals surface area contributed by atoms with E-state index in [1.807, 2.05) is 0 Å². The topological polar surface area (TPSA) is 75.8 Å². The molecule has 2 aromatic rings. The number of hydrogen-bond acceptors (Lipinski definition) is 5. The second-order valence-electron chi connectivity index (χ2n) is 5.80. The van der Waals surface area contributed by atoms with Gasteiger partial charge in [0.1, 0.15) is 23.4 Å². The number of oxazole rings is 1. The lowest BCUT2D eigenvalue weighted by Crippen LogP contribution is -2.33. The number of carbonyl (C=O) groups excluding carboxylic acids is 1. The van der Waals surface area contributed by atoms with Gasteiger partial charge >= 0.3 is 0 Å². The van der Waals surface area contributed by atoms with Gasteiger partial charge in [0.15, 0.2) is 12.1 Å². The molecule has 2 atom stereocenters. The molecule has 1 aliphatic rings. The van der Waals surface area contributed by atoms with Crippen LogP contribution in [0.5, 0.6) is 5.75 Å². The number of amides is 1. The van der Waals surface area contributed by atoms with Crippen LogP contribution in [0.2, 0.25) is 0 Å². The maximum atomic E-state index is 13.0. The van der Waals surface area contributed by atoms with Crippen molar-refractivity contribution in [1.29, 1.82) is 0 Å². The van der Waals surface area contributed by atoms with Crippen molar-refractivity contribution < 1.29 is 23.4 Å². The van der Waals surface area contributed by atoms with Crippen molar-refractivity contribution in [3.8, 4) is 5.75 Å². The quantitative estimate of drug-likeness (QED) is 0.931. The second-order valence-corrected chi connectivity index (χ2v) is 5.80. The summed E-state index contributed by atoms with van der Waals surface area (Å²) in [7, 11) is 0. The van der Waals surface area contributed by atoms with E-state index in [0.29, 0.717) is 43.1 Å². The molecule has 2 heterocycles. The summed E-state index contributed by atoms with van der Waals surface area (Å²) in [5.74, 6) is 0.413. The lowest BCUT2D eigenvalue weighted by Gasteiger charge is -2.21. The zero-order valence-electron chi connectivity index (χ0n) is 13.3. The number of likely N-dealkylation sites (tertiary alicyclic amines) is 1. The Labute approximate surface area is 138 Å². The van der Waals surface area contributed by atoms with Crippen LogP contribution in [0, 0.1) is 12.7 Å². The minimum absolute atomic E-state index is 0.212. The van der Waals surface area contributed by atoms with Gasteiger partial charge in [0.25, 0.3) is 5.91 Å². The van der Waals surface area contributed by atoms with Crippen molar-refractivity contribution in [2.24, 2.45) is 0 Å². The summed E-state index contributed by atoms with van der Waals surface area (Å²) in [6, 6.07) is 5.66. The predicted octanol–water partition coefficient (Wildman–Crippen LogP) is 2.17. The molecule has 1 aromatic heterocycles. The Hall–Kier alpha value is -2.41. The molecular weight excluding hydrogens is 315 g/mol. The Balaban J connectivity index is 1.65. The highest BCUT2D eigenvalue weighted by molar-refractivity contribution is 5.93. The lowest BCUT2D eigenvalue weighted by atomic mass is 10.1. The maximum absolute atomic E-state index is 13.0. The number of hydrogen-bond donors (Lipinski definition) is 1. The number of aryl methyl sites for hydroxylation is 1. The molecule has 1 amide bonds. The van der Waals surface area contributed by atoms with Crippen LogP contribution in [0.4, 0.5) is 4.39 Å². The molecule has 0 saturated carbocycles. The van der Waals surface area contributed by atoms with Crippen molar-refractivity contribution in [2.75, 3.05) is 13.1 Å². The van der Waals surface area contributed by atoms with Crippen LogP contribution < -0.4 is 4.74 Å². The Morgan fingerprint density at radius 3 is 2.71 bits per heavy atom. The number of ether oxygens (including phenoxy) is 1. The van der Waals surface area contributed by atoms with E-state index < -0.39 is 12.2 Å². The third kappa shape index (κ3) is 3.56. The van der Waals surface area contributed by atoms with Gasteiger partial charge in [-0.3, -0.25) is 4.79 Å². The fourth-order valence-electron chi connectivity index (χ4n) is 2.75. The fraction of sp³-hybridized carbons (Fsp3) is 0.412. The molecule has 0 bridgehead atoms. The highest BCUT2D eigenvalue weighted by Gasteiger charge is 2.30. The van der Waals surface area contributed by atoms with Crippen LogP contribution >= 0.6 is 0 Å². The van der Waals surface area contributed by atoms with Crippen molar-refractivity contribution in [2.45, 2.75) is 32.0 Å². The summed E-state index contributed by atoms with van der Waals surface area (Å²) in [5.41, 5.74) is 0.294. The molecule has 1 aliphatic heterocycles. The summed E-state index contributed by atoms with van der Waals surface area (Å²) in [6.45, 7) is 2.54. The molecule has 0 aliphatic carbocycles. The molecule has 1 fully saturated rings. The number of aromatic nitrogens is 1. The molecule has 0 radical (unpaired) electrons. The summed E-state index contributed by atoms with van der Waals surface area (Å²) < 4.78 is 23.8. The molecule has 0 unspecified atom stereocenters. The zero-order chi connectivity index (χ0) is 17.1. The van der Waals surface area contributed by atoms with Crippen molar-refractivity contribution in [3.05, 3.63) is 47.9 Å². The predicted molar refractivity (Wildman–Crippen MR) is 83.2 cm³/mol. The van der Waals surface area contributed by atoms with Gasteiger partial charge in [-0.25, -0.2) is 9.37 Å². The van der Waals surface area contributed by atoms with Gasteiger partial charge < -0.3 is 19.2 Å². The Morgan fingerprint density at radius 2 is 2.04 bits per heavy atom. The Bertz CT molecular complexity index is 701. The van der Waals surface area contributed by atoms with E-state index >= 15 is 0 Å². The molecule has 3 rings (SSSR count). The number of aliphatic hydroxyl groups is 1. The molecule has 128 valence electrons. The van der Waals surface area contributed by atoms with Gasteiger partial charge in [0.05, 0.1) is 6.10 Å². The molecule has 1 saturated heterocycles.